The molecule has 6 heteroatoms. The van der Waals surface area contributed by atoms with Crippen molar-refractivity contribution in [1.29, 1.82) is 0 Å². The van der Waals surface area contributed by atoms with Crippen LogP contribution in [0, 0.1) is 17.0 Å². The summed E-state index contributed by atoms with van der Waals surface area (Å²) in [6.45, 7) is 2.49. The zero-order valence-corrected chi connectivity index (χ0v) is 10.0. The van der Waals surface area contributed by atoms with Gasteiger partial charge in [0.15, 0.2) is 0 Å². The van der Waals surface area contributed by atoms with Crippen LogP contribution in [0.15, 0.2) is 29.8 Å². The van der Waals surface area contributed by atoms with Gasteiger partial charge >= 0.3 is 5.00 Å². The lowest BCUT2D eigenvalue weighted by Gasteiger charge is -2.03. The van der Waals surface area contributed by atoms with Gasteiger partial charge in [0, 0.05) is 23.7 Å². The number of pyridine rings is 1. The van der Waals surface area contributed by atoms with Gasteiger partial charge in [-0.1, -0.05) is 11.3 Å². The normalized spacial score (nSPS) is 10.2. The predicted octanol–water partition coefficient (Wildman–Crippen LogP) is 2.97. The average molecular weight is 249 g/mol. The van der Waals surface area contributed by atoms with Crippen molar-refractivity contribution >= 4 is 22.0 Å². The average Bonchev–Trinajstić information content (AvgIpc) is 2.77. The number of nitro groups is 1. The van der Waals surface area contributed by atoms with E-state index in [0.29, 0.717) is 6.54 Å². The Morgan fingerprint density at radius 1 is 1.53 bits per heavy atom. The van der Waals surface area contributed by atoms with E-state index in [0.717, 1.165) is 28.3 Å². The number of hydrogen-bond donors (Lipinski definition) is 1. The highest BCUT2D eigenvalue weighted by atomic mass is 32.1. The third-order valence-corrected chi connectivity index (χ3v) is 3.16. The number of thiophene rings is 1. The maximum absolute atomic E-state index is 10.5. The fraction of sp³-hybridized carbons (Fsp3) is 0.182. The van der Waals surface area contributed by atoms with Crippen LogP contribution in [0.1, 0.15) is 11.3 Å². The van der Waals surface area contributed by atoms with Crippen molar-refractivity contribution in [2.24, 2.45) is 0 Å². The summed E-state index contributed by atoms with van der Waals surface area (Å²) in [7, 11) is 0. The molecule has 88 valence electrons. The molecule has 2 aromatic heterocycles. The van der Waals surface area contributed by atoms with Crippen molar-refractivity contribution in [2.75, 3.05) is 5.32 Å². The molecule has 0 radical (unpaired) electrons. The molecule has 0 spiro atoms. The molecule has 0 aliphatic carbocycles. The van der Waals surface area contributed by atoms with Gasteiger partial charge in [-0.05, 0) is 24.6 Å². The van der Waals surface area contributed by atoms with Crippen molar-refractivity contribution in [3.63, 3.8) is 0 Å². The third-order valence-electron chi connectivity index (χ3n) is 2.23. The van der Waals surface area contributed by atoms with Crippen molar-refractivity contribution in [2.45, 2.75) is 13.5 Å². The van der Waals surface area contributed by atoms with Gasteiger partial charge in [-0.3, -0.25) is 15.1 Å². The Kier molecular flexibility index (Phi) is 3.34. The molecule has 0 saturated heterocycles. The Labute approximate surface area is 102 Å². The second-order valence-corrected chi connectivity index (χ2v) is 4.48. The van der Waals surface area contributed by atoms with Crippen LogP contribution in [-0.4, -0.2) is 9.91 Å². The van der Waals surface area contributed by atoms with Gasteiger partial charge < -0.3 is 5.32 Å². The van der Waals surface area contributed by atoms with Crippen LogP contribution in [-0.2, 0) is 6.54 Å². The maximum Gasteiger partial charge on any atom is 0.324 e. The summed E-state index contributed by atoms with van der Waals surface area (Å²) in [6.07, 6.45) is 1.75. The van der Waals surface area contributed by atoms with Crippen LogP contribution in [0.4, 0.5) is 10.7 Å². The van der Waals surface area contributed by atoms with Crippen LogP contribution < -0.4 is 5.32 Å². The minimum absolute atomic E-state index is 0.170. The largest absolute Gasteiger partial charge is 0.380 e. The predicted molar refractivity (Wildman–Crippen MR) is 67.3 cm³/mol. The quantitative estimate of drug-likeness (QED) is 0.668. The molecule has 0 atom stereocenters. The van der Waals surface area contributed by atoms with Crippen molar-refractivity contribution < 1.29 is 4.92 Å². The summed E-state index contributed by atoms with van der Waals surface area (Å²) < 4.78 is 0. The number of aryl methyl sites for hydroxylation is 1. The zero-order valence-electron chi connectivity index (χ0n) is 9.21. The van der Waals surface area contributed by atoms with E-state index in [1.165, 1.54) is 0 Å². The van der Waals surface area contributed by atoms with Gasteiger partial charge in [-0.15, -0.1) is 0 Å². The Bertz CT molecular complexity index is 522. The van der Waals surface area contributed by atoms with E-state index < -0.39 is 0 Å². The number of rotatable bonds is 4. The molecule has 0 saturated carbocycles. The number of nitrogens with one attached hydrogen (secondary N) is 1. The molecule has 0 bridgehead atoms. The molecule has 2 rings (SSSR count). The van der Waals surface area contributed by atoms with E-state index in [-0.39, 0.29) is 9.92 Å². The molecular weight excluding hydrogens is 238 g/mol. The number of hydrogen-bond acceptors (Lipinski definition) is 5. The molecule has 0 aliphatic heterocycles. The van der Waals surface area contributed by atoms with Crippen molar-refractivity contribution in [3.8, 4) is 0 Å². The van der Waals surface area contributed by atoms with Crippen LogP contribution in [0.3, 0.4) is 0 Å². The van der Waals surface area contributed by atoms with Crippen molar-refractivity contribution in [3.05, 3.63) is 51.1 Å². The van der Waals surface area contributed by atoms with Gasteiger partial charge in [0.05, 0.1) is 16.8 Å². The Morgan fingerprint density at radius 2 is 2.35 bits per heavy atom. The SMILES string of the molecule is Cc1ccc(NCc2csc([N+](=O)[O-])c2)cn1. The Morgan fingerprint density at radius 3 is 2.94 bits per heavy atom. The van der Waals surface area contributed by atoms with E-state index in [9.17, 15) is 10.1 Å². The first-order chi connectivity index (χ1) is 8.15. The fourth-order valence-electron chi connectivity index (χ4n) is 1.33. The first-order valence-corrected chi connectivity index (χ1v) is 5.91. The summed E-state index contributed by atoms with van der Waals surface area (Å²) >= 11 is 1.14. The molecule has 1 N–H and O–H groups in total. The lowest BCUT2D eigenvalue weighted by molar-refractivity contribution is -0.380. The second kappa shape index (κ2) is 4.92. The van der Waals surface area contributed by atoms with Crippen LogP contribution in [0.5, 0.6) is 0 Å². The van der Waals surface area contributed by atoms with E-state index in [1.807, 2.05) is 19.1 Å². The minimum Gasteiger partial charge on any atom is -0.380 e. The molecule has 17 heavy (non-hydrogen) atoms. The highest BCUT2D eigenvalue weighted by Gasteiger charge is 2.08. The number of aromatic nitrogens is 1. The molecule has 0 amide bonds. The number of nitrogens with zero attached hydrogens (tertiary/aromatic N) is 2. The van der Waals surface area contributed by atoms with Crippen LogP contribution in [0.2, 0.25) is 0 Å². The molecule has 0 aliphatic rings. The van der Waals surface area contributed by atoms with E-state index >= 15 is 0 Å². The Balaban J connectivity index is 1.97. The van der Waals surface area contributed by atoms with Crippen LogP contribution in [0.25, 0.3) is 0 Å². The fourth-order valence-corrected chi connectivity index (χ4v) is 2.06. The zero-order chi connectivity index (χ0) is 12.3. The lowest BCUT2D eigenvalue weighted by Crippen LogP contribution is -1.98. The number of anilines is 1. The molecule has 0 fully saturated rings. The molecule has 2 heterocycles. The molecule has 0 aromatic carbocycles. The van der Waals surface area contributed by atoms with Gasteiger partial charge in [0.2, 0.25) is 0 Å². The van der Waals surface area contributed by atoms with E-state index in [1.54, 1.807) is 17.6 Å². The highest BCUT2D eigenvalue weighted by molar-refractivity contribution is 7.13. The van der Waals surface area contributed by atoms with Gasteiger partial charge in [-0.2, -0.15) is 0 Å². The maximum atomic E-state index is 10.5. The monoisotopic (exact) mass is 249 g/mol. The summed E-state index contributed by atoms with van der Waals surface area (Å²) in [5.74, 6) is 0. The first-order valence-electron chi connectivity index (χ1n) is 5.03. The van der Waals surface area contributed by atoms with Gasteiger partial charge in [0.1, 0.15) is 0 Å². The standard InChI is InChI=1S/C11H11N3O2S/c1-8-2-3-10(6-12-8)13-5-9-4-11(14(15)16)17-7-9/h2-4,6-7,13H,5H2,1H3. The smallest absolute Gasteiger partial charge is 0.324 e. The topological polar surface area (TPSA) is 68.1 Å². The third kappa shape index (κ3) is 3.01. The summed E-state index contributed by atoms with van der Waals surface area (Å²) in [5, 5.41) is 15.6. The molecule has 5 nitrogen and oxygen atoms in total. The van der Waals surface area contributed by atoms with E-state index in [2.05, 4.69) is 10.3 Å². The Hall–Kier alpha value is -1.95. The minimum atomic E-state index is -0.373. The van der Waals surface area contributed by atoms with Gasteiger partial charge in [-0.25, -0.2) is 0 Å². The summed E-state index contributed by atoms with van der Waals surface area (Å²) in [4.78, 5) is 14.3. The van der Waals surface area contributed by atoms with E-state index in [4.69, 9.17) is 0 Å². The molecular formula is C11H11N3O2S. The highest BCUT2D eigenvalue weighted by Crippen LogP contribution is 2.23. The van der Waals surface area contributed by atoms with Gasteiger partial charge in [0.25, 0.3) is 0 Å². The first kappa shape index (κ1) is 11.5. The van der Waals surface area contributed by atoms with Crippen LogP contribution >= 0.6 is 11.3 Å². The summed E-state index contributed by atoms with van der Waals surface area (Å²) in [5.41, 5.74) is 2.77. The molecule has 2 aromatic rings. The second-order valence-electron chi connectivity index (χ2n) is 3.59. The molecule has 0 unspecified atom stereocenters. The van der Waals surface area contributed by atoms with Crippen molar-refractivity contribution in [1.82, 2.24) is 4.98 Å². The lowest BCUT2D eigenvalue weighted by atomic mass is 10.3. The summed E-state index contributed by atoms with van der Waals surface area (Å²) in [6, 6.07) is 5.43.